The minimum Gasteiger partial charge on any atom is -0.475 e. The molecule has 1 aromatic heterocycles. The smallest absolute Gasteiger partial charge is 0.410 e. The lowest BCUT2D eigenvalue weighted by atomic mass is 10.0. The van der Waals surface area contributed by atoms with E-state index in [1.54, 1.807) is 70.3 Å². The molecule has 0 fully saturated rings. The van der Waals surface area contributed by atoms with Gasteiger partial charge in [0.2, 0.25) is 12.0 Å². The molecule has 6 rings (SSSR count). The number of aromatic nitrogens is 2. The molecule has 0 aliphatic carbocycles. The van der Waals surface area contributed by atoms with Crippen LogP contribution in [0, 0.1) is 11.6 Å². The van der Waals surface area contributed by atoms with Gasteiger partial charge >= 0.3 is 6.09 Å². The number of nitrogens with zero attached hydrogens (tertiary/aromatic N) is 4. The number of para-hydroxylation sites is 1. The summed E-state index contributed by atoms with van der Waals surface area (Å²) in [5.41, 5.74) is 0.259. The summed E-state index contributed by atoms with van der Waals surface area (Å²) in [6, 6.07) is 18.5. The molecule has 3 heterocycles. The molecule has 13 heteroatoms. The maximum absolute atomic E-state index is 15.1. The number of carbonyl (C=O) groups is 3. The van der Waals surface area contributed by atoms with Crippen LogP contribution < -0.4 is 15.4 Å². The van der Waals surface area contributed by atoms with Crippen molar-refractivity contribution >= 4 is 29.3 Å². The summed E-state index contributed by atoms with van der Waals surface area (Å²) in [5, 5.41) is 9.70. The van der Waals surface area contributed by atoms with Crippen LogP contribution in [-0.4, -0.2) is 69.8 Å². The second-order valence-electron chi connectivity index (χ2n) is 12.1. The van der Waals surface area contributed by atoms with Crippen molar-refractivity contribution in [2.75, 3.05) is 19.0 Å². The molecular weight excluding hydrogens is 610 g/mol. The summed E-state index contributed by atoms with van der Waals surface area (Å²) in [7, 11) is 1.57. The van der Waals surface area contributed by atoms with Crippen molar-refractivity contribution in [3.8, 4) is 17.1 Å². The molecule has 4 aromatic rings. The Morgan fingerprint density at radius 1 is 1.00 bits per heavy atom. The summed E-state index contributed by atoms with van der Waals surface area (Å²) in [4.78, 5) is 46.2. The van der Waals surface area contributed by atoms with Crippen LogP contribution in [0.3, 0.4) is 0 Å². The van der Waals surface area contributed by atoms with E-state index < -0.39 is 47.4 Å². The lowest BCUT2D eigenvalue weighted by Gasteiger charge is -2.33. The molecule has 47 heavy (non-hydrogen) atoms. The third-order valence-electron chi connectivity index (χ3n) is 7.63. The number of likely N-dealkylation sites (N-methyl/N-ethyl adjacent to an activating group) is 1. The van der Waals surface area contributed by atoms with E-state index in [9.17, 15) is 18.8 Å². The summed E-state index contributed by atoms with van der Waals surface area (Å²) < 4.78 is 43.0. The van der Waals surface area contributed by atoms with Gasteiger partial charge in [-0.25, -0.2) is 23.2 Å². The van der Waals surface area contributed by atoms with Gasteiger partial charge < -0.3 is 25.0 Å². The highest BCUT2D eigenvalue weighted by Crippen LogP contribution is 2.35. The molecule has 1 unspecified atom stereocenters. The summed E-state index contributed by atoms with van der Waals surface area (Å²) in [6.45, 7) is 5.35. The molecule has 0 saturated heterocycles. The number of ether oxygens (including phenoxy) is 2. The van der Waals surface area contributed by atoms with E-state index in [0.29, 0.717) is 11.1 Å². The summed E-state index contributed by atoms with van der Waals surface area (Å²) >= 11 is 0. The fourth-order valence-electron chi connectivity index (χ4n) is 5.33. The molecule has 2 atom stereocenters. The first-order chi connectivity index (χ1) is 22.4. The van der Waals surface area contributed by atoms with E-state index in [0.717, 1.165) is 0 Å². The highest BCUT2D eigenvalue weighted by atomic mass is 19.1. The normalized spacial score (nSPS) is 17.2. The van der Waals surface area contributed by atoms with Crippen molar-refractivity contribution in [1.82, 2.24) is 20.0 Å². The van der Waals surface area contributed by atoms with Crippen molar-refractivity contribution in [2.45, 2.75) is 45.1 Å². The number of anilines is 1. The average Bonchev–Trinajstić information content (AvgIpc) is 3.35. The number of benzodiazepines with no additional fused rings is 1. The molecule has 3 amide bonds. The second kappa shape index (κ2) is 12.3. The average molecular weight is 643 g/mol. The second-order valence-corrected chi connectivity index (χ2v) is 12.1. The number of nitrogens with one attached hydrogen (secondary N) is 2. The van der Waals surface area contributed by atoms with Gasteiger partial charge in [0.05, 0.1) is 24.0 Å². The summed E-state index contributed by atoms with van der Waals surface area (Å²) in [6.07, 6.45) is -2.08. The van der Waals surface area contributed by atoms with Crippen LogP contribution in [0.25, 0.3) is 11.3 Å². The van der Waals surface area contributed by atoms with Gasteiger partial charge in [0.1, 0.15) is 35.1 Å². The van der Waals surface area contributed by atoms with Crippen LogP contribution in [0.1, 0.15) is 42.3 Å². The van der Waals surface area contributed by atoms with E-state index in [1.165, 1.54) is 39.9 Å². The van der Waals surface area contributed by atoms with E-state index >= 15 is 4.39 Å². The van der Waals surface area contributed by atoms with Gasteiger partial charge in [-0.3, -0.25) is 9.59 Å². The Labute approximate surface area is 269 Å². The molecule has 2 aliphatic rings. The van der Waals surface area contributed by atoms with Crippen molar-refractivity contribution in [2.24, 2.45) is 4.99 Å². The Bertz CT molecular complexity index is 1900. The molecule has 2 N–H and O–H groups in total. The van der Waals surface area contributed by atoms with Crippen LogP contribution in [0.5, 0.6) is 5.88 Å². The number of halogens is 2. The van der Waals surface area contributed by atoms with Crippen LogP contribution >= 0.6 is 0 Å². The Balaban J connectivity index is 1.38. The number of amides is 3. The Morgan fingerprint density at radius 3 is 2.40 bits per heavy atom. The zero-order valence-corrected chi connectivity index (χ0v) is 26.1. The fourth-order valence-corrected chi connectivity index (χ4v) is 5.33. The largest absolute Gasteiger partial charge is 0.475 e. The fraction of sp³-hybridized carbons (Fsp3) is 0.265. The standard InChI is InChI=1S/C34H32F2N6O5/c1-34(2,3)47-33(45)41(4)20-17-42-32(46-18-20)25(28(40-42)21-13-8-9-15-23(21)35)30(43)39-29-31(44)38-27-22(14-10-16-24(27)36)26(37-29)19-11-6-5-7-12-19/h5-16,20,29H,17-18H2,1-4H3,(H,38,44)(H,39,43)/t20?,29-/m1/s1. The molecular formula is C34H32F2N6O5. The van der Waals surface area contributed by atoms with Gasteiger partial charge in [-0.15, -0.1) is 0 Å². The molecule has 2 aliphatic heterocycles. The van der Waals surface area contributed by atoms with Crippen LogP contribution in [0.4, 0.5) is 19.3 Å². The van der Waals surface area contributed by atoms with Crippen molar-refractivity contribution in [1.29, 1.82) is 0 Å². The van der Waals surface area contributed by atoms with Crippen molar-refractivity contribution < 1.29 is 32.6 Å². The van der Waals surface area contributed by atoms with Gasteiger partial charge in [0, 0.05) is 23.7 Å². The Kier molecular flexibility index (Phi) is 8.22. The SMILES string of the molecule is CN(C(=O)OC(C)(C)C)C1COc2c(C(=O)N[C@H]3N=C(c4ccccc4)c4cccc(F)c4NC3=O)c(-c3ccccc3F)nn2C1. The number of rotatable bonds is 5. The quantitative estimate of drug-likeness (QED) is 0.316. The topological polar surface area (TPSA) is 127 Å². The van der Waals surface area contributed by atoms with E-state index in [1.807, 2.05) is 0 Å². The van der Waals surface area contributed by atoms with Crippen molar-refractivity contribution in [3.05, 3.63) is 101 Å². The Hall–Kier alpha value is -5.59. The minimum atomic E-state index is -1.51. The minimum absolute atomic E-state index is 0.0187. The summed E-state index contributed by atoms with van der Waals surface area (Å²) in [5.74, 6) is -2.90. The molecule has 242 valence electrons. The van der Waals surface area contributed by atoms with Gasteiger partial charge in [-0.1, -0.05) is 54.6 Å². The number of fused-ring (bicyclic) bond motifs is 2. The zero-order valence-electron chi connectivity index (χ0n) is 26.1. The first-order valence-corrected chi connectivity index (χ1v) is 14.9. The third kappa shape index (κ3) is 6.28. The highest BCUT2D eigenvalue weighted by molar-refractivity contribution is 6.20. The van der Waals surface area contributed by atoms with E-state index in [4.69, 9.17) is 9.47 Å². The van der Waals surface area contributed by atoms with Crippen LogP contribution in [-0.2, 0) is 16.1 Å². The third-order valence-corrected chi connectivity index (χ3v) is 7.63. The number of aliphatic imine (C=N–C) groups is 1. The van der Waals surface area contributed by atoms with Crippen LogP contribution in [0.15, 0.2) is 77.8 Å². The monoisotopic (exact) mass is 642 g/mol. The highest BCUT2D eigenvalue weighted by Gasteiger charge is 2.37. The van der Waals surface area contributed by atoms with E-state index in [-0.39, 0.29) is 47.3 Å². The number of hydrogen-bond donors (Lipinski definition) is 2. The molecule has 0 radical (unpaired) electrons. The maximum Gasteiger partial charge on any atom is 0.410 e. The van der Waals surface area contributed by atoms with Crippen LogP contribution in [0.2, 0.25) is 0 Å². The molecule has 0 spiro atoms. The van der Waals surface area contributed by atoms with E-state index in [2.05, 4.69) is 20.7 Å². The van der Waals surface area contributed by atoms with Gasteiger partial charge in [0.25, 0.3) is 11.8 Å². The first kappa shape index (κ1) is 31.4. The lowest BCUT2D eigenvalue weighted by Crippen LogP contribution is -2.48. The number of carbonyl (C=O) groups excluding carboxylic acids is 3. The number of hydrogen-bond acceptors (Lipinski definition) is 7. The molecule has 0 bridgehead atoms. The molecule has 3 aromatic carbocycles. The Morgan fingerprint density at radius 2 is 1.68 bits per heavy atom. The molecule has 0 saturated carbocycles. The maximum atomic E-state index is 15.1. The molecule has 11 nitrogen and oxygen atoms in total. The predicted molar refractivity (Wildman–Crippen MR) is 169 cm³/mol. The lowest BCUT2D eigenvalue weighted by molar-refractivity contribution is -0.117. The zero-order chi connectivity index (χ0) is 33.5. The van der Waals surface area contributed by atoms with Crippen molar-refractivity contribution in [3.63, 3.8) is 0 Å². The predicted octanol–water partition coefficient (Wildman–Crippen LogP) is 5.00. The van der Waals surface area contributed by atoms with Gasteiger partial charge in [-0.2, -0.15) is 5.10 Å². The van der Waals surface area contributed by atoms with Gasteiger partial charge in [0.15, 0.2) is 0 Å². The van der Waals surface area contributed by atoms with Gasteiger partial charge in [-0.05, 0) is 39.0 Å². The first-order valence-electron chi connectivity index (χ1n) is 14.9. The number of benzene rings is 3.